The van der Waals surface area contributed by atoms with Crippen molar-refractivity contribution in [2.75, 3.05) is 26.9 Å². The number of aryl methyl sites for hydroxylation is 1. The average molecular weight is 340 g/mol. The van der Waals surface area contributed by atoms with Gasteiger partial charge in [0.05, 0.1) is 6.61 Å². The molecule has 1 saturated heterocycles. The van der Waals surface area contributed by atoms with Gasteiger partial charge >= 0.3 is 0 Å². The third kappa shape index (κ3) is 3.08. The van der Waals surface area contributed by atoms with Gasteiger partial charge in [-0.05, 0) is 42.5 Å². The van der Waals surface area contributed by atoms with Gasteiger partial charge in [-0.15, -0.1) is 0 Å². The Morgan fingerprint density at radius 3 is 3.10 bits per heavy atom. The van der Waals surface area contributed by atoms with E-state index in [1.165, 1.54) is 22.0 Å². The number of fused-ring (bicyclic) bond motifs is 1. The minimum absolute atomic E-state index is 0.111. The predicted octanol–water partition coefficient (Wildman–Crippen LogP) is 2.70. The third-order valence-corrected chi connectivity index (χ3v) is 5.10. The molecule has 3 rings (SSSR count). The van der Waals surface area contributed by atoms with E-state index >= 15 is 0 Å². The van der Waals surface area contributed by atoms with Gasteiger partial charge in [0, 0.05) is 37.2 Å². The first-order valence-corrected chi connectivity index (χ1v) is 8.14. The fraction of sp³-hybridized carbons (Fsp3) is 0.625. The van der Waals surface area contributed by atoms with Crippen LogP contribution < -0.4 is 5.32 Å². The molecular formula is C16H22BrNO2. The highest BCUT2D eigenvalue weighted by atomic mass is 79.9. The zero-order chi connectivity index (χ0) is 14.0. The monoisotopic (exact) mass is 339 g/mol. The standard InChI is InChI=1S/C16H22BrNO2/c1-19-16(6-7-20-11-16)10-18-15-5-3-12-8-14(17)4-2-13(12)9-15/h2,4,8,15,18H,3,5-7,9-11H2,1H3. The molecule has 1 aromatic rings. The highest BCUT2D eigenvalue weighted by Gasteiger charge is 2.35. The Morgan fingerprint density at radius 1 is 1.45 bits per heavy atom. The SMILES string of the molecule is COC1(CNC2CCc3cc(Br)ccc3C2)CCOC1. The normalized spacial score (nSPS) is 29.4. The molecule has 0 amide bonds. The summed E-state index contributed by atoms with van der Waals surface area (Å²) in [6.07, 6.45) is 4.46. The molecule has 0 spiro atoms. The van der Waals surface area contributed by atoms with Crippen molar-refractivity contribution in [3.8, 4) is 0 Å². The summed E-state index contributed by atoms with van der Waals surface area (Å²) in [5.74, 6) is 0. The summed E-state index contributed by atoms with van der Waals surface area (Å²) in [6.45, 7) is 2.42. The van der Waals surface area contributed by atoms with Crippen LogP contribution in [0.2, 0.25) is 0 Å². The van der Waals surface area contributed by atoms with Crippen molar-refractivity contribution in [3.63, 3.8) is 0 Å². The van der Waals surface area contributed by atoms with Crippen molar-refractivity contribution in [3.05, 3.63) is 33.8 Å². The van der Waals surface area contributed by atoms with E-state index in [4.69, 9.17) is 9.47 Å². The number of ether oxygens (including phenoxy) is 2. The molecule has 0 aromatic heterocycles. The van der Waals surface area contributed by atoms with E-state index < -0.39 is 0 Å². The number of rotatable bonds is 4. The predicted molar refractivity (Wildman–Crippen MR) is 83.1 cm³/mol. The number of benzene rings is 1. The first-order chi connectivity index (χ1) is 9.71. The maximum absolute atomic E-state index is 5.68. The van der Waals surface area contributed by atoms with Crippen molar-refractivity contribution in [2.45, 2.75) is 37.3 Å². The molecule has 0 bridgehead atoms. The Balaban J connectivity index is 1.59. The van der Waals surface area contributed by atoms with E-state index in [0.717, 1.165) is 32.4 Å². The van der Waals surface area contributed by atoms with Gasteiger partial charge < -0.3 is 14.8 Å². The lowest BCUT2D eigenvalue weighted by atomic mass is 9.88. The zero-order valence-corrected chi connectivity index (χ0v) is 13.5. The maximum Gasteiger partial charge on any atom is 0.106 e. The molecule has 20 heavy (non-hydrogen) atoms. The molecule has 0 saturated carbocycles. The zero-order valence-electron chi connectivity index (χ0n) is 12.0. The van der Waals surface area contributed by atoms with Crippen LogP contribution in [0.25, 0.3) is 0 Å². The van der Waals surface area contributed by atoms with Gasteiger partial charge in [0.1, 0.15) is 5.60 Å². The largest absolute Gasteiger partial charge is 0.378 e. The van der Waals surface area contributed by atoms with E-state index in [1.807, 2.05) is 0 Å². The third-order valence-electron chi connectivity index (χ3n) is 4.61. The van der Waals surface area contributed by atoms with Gasteiger partial charge in [0.25, 0.3) is 0 Å². The van der Waals surface area contributed by atoms with Crippen molar-refractivity contribution < 1.29 is 9.47 Å². The lowest BCUT2D eigenvalue weighted by molar-refractivity contribution is -0.0177. The number of methoxy groups -OCH3 is 1. The summed E-state index contributed by atoms with van der Waals surface area (Å²) in [6, 6.07) is 7.20. The first kappa shape index (κ1) is 14.5. The molecule has 0 radical (unpaired) electrons. The second-order valence-electron chi connectivity index (χ2n) is 5.92. The smallest absolute Gasteiger partial charge is 0.106 e. The van der Waals surface area contributed by atoms with Gasteiger partial charge in [-0.3, -0.25) is 0 Å². The summed E-state index contributed by atoms with van der Waals surface area (Å²) >= 11 is 3.55. The fourth-order valence-corrected chi connectivity index (χ4v) is 3.60. The Labute approximate surface area is 129 Å². The molecule has 4 heteroatoms. The van der Waals surface area contributed by atoms with Crippen molar-refractivity contribution >= 4 is 15.9 Å². The van der Waals surface area contributed by atoms with Gasteiger partial charge in [-0.1, -0.05) is 22.0 Å². The average Bonchev–Trinajstić information content (AvgIpc) is 2.94. The minimum atomic E-state index is -0.111. The van der Waals surface area contributed by atoms with Gasteiger partial charge in [-0.2, -0.15) is 0 Å². The molecule has 2 unspecified atom stereocenters. The molecule has 1 heterocycles. The molecule has 110 valence electrons. The van der Waals surface area contributed by atoms with Crippen LogP contribution in [0.15, 0.2) is 22.7 Å². The summed E-state index contributed by atoms with van der Waals surface area (Å²) in [5.41, 5.74) is 2.86. The fourth-order valence-electron chi connectivity index (χ4n) is 3.19. The van der Waals surface area contributed by atoms with Crippen LogP contribution in [-0.2, 0) is 22.3 Å². The number of halogens is 1. The Morgan fingerprint density at radius 2 is 2.35 bits per heavy atom. The molecule has 1 N–H and O–H groups in total. The quantitative estimate of drug-likeness (QED) is 0.914. The highest BCUT2D eigenvalue weighted by molar-refractivity contribution is 9.10. The summed E-state index contributed by atoms with van der Waals surface area (Å²) < 4.78 is 12.4. The van der Waals surface area contributed by atoms with Crippen LogP contribution in [-0.4, -0.2) is 38.5 Å². The second kappa shape index (κ2) is 6.14. The molecule has 2 atom stereocenters. The van der Waals surface area contributed by atoms with Crippen LogP contribution in [0.5, 0.6) is 0 Å². The maximum atomic E-state index is 5.68. The topological polar surface area (TPSA) is 30.5 Å². The van der Waals surface area contributed by atoms with Crippen LogP contribution in [0, 0.1) is 0 Å². The summed E-state index contributed by atoms with van der Waals surface area (Å²) in [7, 11) is 1.80. The van der Waals surface area contributed by atoms with Crippen LogP contribution in [0.4, 0.5) is 0 Å². The molecule has 3 nitrogen and oxygen atoms in total. The van der Waals surface area contributed by atoms with E-state index in [-0.39, 0.29) is 5.60 Å². The van der Waals surface area contributed by atoms with Gasteiger partial charge in [0.2, 0.25) is 0 Å². The van der Waals surface area contributed by atoms with Crippen molar-refractivity contribution in [1.82, 2.24) is 5.32 Å². The molecule has 1 aliphatic heterocycles. The van der Waals surface area contributed by atoms with E-state index in [1.54, 1.807) is 7.11 Å². The Bertz CT molecular complexity index is 472. The molecular weight excluding hydrogens is 318 g/mol. The second-order valence-corrected chi connectivity index (χ2v) is 6.84. The number of hydrogen-bond donors (Lipinski definition) is 1. The van der Waals surface area contributed by atoms with E-state index in [0.29, 0.717) is 12.6 Å². The first-order valence-electron chi connectivity index (χ1n) is 7.34. The van der Waals surface area contributed by atoms with Crippen LogP contribution in [0.3, 0.4) is 0 Å². The lowest BCUT2D eigenvalue weighted by Gasteiger charge is -2.31. The number of nitrogens with one attached hydrogen (secondary N) is 1. The number of hydrogen-bond acceptors (Lipinski definition) is 3. The summed E-state index contributed by atoms with van der Waals surface area (Å²) in [5, 5.41) is 3.69. The van der Waals surface area contributed by atoms with Gasteiger partial charge in [-0.25, -0.2) is 0 Å². The van der Waals surface area contributed by atoms with Gasteiger partial charge in [0.15, 0.2) is 0 Å². The lowest BCUT2D eigenvalue weighted by Crippen LogP contribution is -2.47. The summed E-state index contributed by atoms with van der Waals surface area (Å²) in [4.78, 5) is 0. The molecule has 2 aliphatic rings. The molecule has 1 aromatic carbocycles. The highest BCUT2D eigenvalue weighted by Crippen LogP contribution is 2.26. The van der Waals surface area contributed by atoms with E-state index in [2.05, 4.69) is 39.4 Å². The van der Waals surface area contributed by atoms with E-state index in [9.17, 15) is 0 Å². The van der Waals surface area contributed by atoms with Crippen LogP contribution in [0.1, 0.15) is 24.0 Å². The molecule has 1 fully saturated rings. The van der Waals surface area contributed by atoms with Crippen LogP contribution >= 0.6 is 15.9 Å². The Hall–Kier alpha value is -0.420. The molecule has 1 aliphatic carbocycles. The van der Waals surface area contributed by atoms with Crippen molar-refractivity contribution in [2.24, 2.45) is 0 Å². The minimum Gasteiger partial charge on any atom is -0.378 e. The van der Waals surface area contributed by atoms with Crippen molar-refractivity contribution in [1.29, 1.82) is 0 Å². The Kier molecular flexibility index (Phi) is 4.46.